The largest absolute Gasteiger partial charge is 0.494 e. The number of aromatic nitrogens is 1. The molecule has 0 aliphatic rings. The number of anilines is 1. The van der Waals surface area contributed by atoms with E-state index in [1.54, 1.807) is 24.4 Å². The monoisotopic (exact) mass is 312 g/mol. The normalized spacial score (nSPS) is 10.5. The van der Waals surface area contributed by atoms with Crippen molar-refractivity contribution >= 4 is 17.7 Å². The van der Waals surface area contributed by atoms with E-state index in [1.165, 1.54) is 6.08 Å². The van der Waals surface area contributed by atoms with Crippen LogP contribution in [0.15, 0.2) is 48.7 Å². The molecule has 5 heteroatoms. The molecule has 120 valence electrons. The third-order valence-electron chi connectivity index (χ3n) is 2.91. The molecule has 5 nitrogen and oxygen atoms in total. The topological polar surface area (TPSA) is 60.5 Å². The Morgan fingerprint density at radius 1 is 1.17 bits per heavy atom. The summed E-state index contributed by atoms with van der Waals surface area (Å²) in [5, 5.41) is 2.81. The number of carbonyl (C=O) groups excluding carboxylic acids is 1. The van der Waals surface area contributed by atoms with Gasteiger partial charge in [0.1, 0.15) is 11.5 Å². The lowest BCUT2D eigenvalue weighted by Crippen LogP contribution is -2.10. The highest BCUT2D eigenvalue weighted by molar-refractivity contribution is 6.02. The van der Waals surface area contributed by atoms with Gasteiger partial charge in [0.25, 0.3) is 0 Å². The second kappa shape index (κ2) is 8.58. The van der Waals surface area contributed by atoms with Gasteiger partial charge in [-0.2, -0.15) is 0 Å². The molecule has 1 heterocycles. The predicted octanol–water partition coefficient (Wildman–Crippen LogP) is 3.53. The molecule has 0 saturated carbocycles. The van der Waals surface area contributed by atoms with Gasteiger partial charge in [-0.3, -0.25) is 9.78 Å². The highest BCUT2D eigenvalue weighted by Gasteiger charge is 2.08. The molecule has 0 aliphatic carbocycles. The highest BCUT2D eigenvalue weighted by atomic mass is 16.5. The number of rotatable bonds is 7. The predicted molar refractivity (Wildman–Crippen MR) is 90.7 cm³/mol. The molecule has 0 unspecified atom stereocenters. The lowest BCUT2D eigenvalue weighted by atomic mass is 10.2. The van der Waals surface area contributed by atoms with Crippen LogP contribution >= 0.6 is 0 Å². The highest BCUT2D eigenvalue weighted by Crippen LogP contribution is 2.29. The van der Waals surface area contributed by atoms with Crippen LogP contribution in [-0.4, -0.2) is 24.1 Å². The molecular weight excluding hydrogens is 292 g/mol. The summed E-state index contributed by atoms with van der Waals surface area (Å²) in [4.78, 5) is 16.2. The van der Waals surface area contributed by atoms with Crippen molar-refractivity contribution in [1.29, 1.82) is 0 Å². The first-order valence-corrected chi connectivity index (χ1v) is 7.52. The van der Waals surface area contributed by atoms with E-state index in [-0.39, 0.29) is 5.91 Å². The van der Waals surface area contributed by atoms with E-state index in [9.17, 15) is 4.79 Å². The van der Waals surface area contributed by atoms with E-state index in [0.717, 1.165) is 5.69 Å². The van der Waals surface area contributed by atoms with Gasteiger partial charge in [-0.1, -0.05) is 6.07 Å². The van der Waals surface area contributed by atoms with E-state index < -0.39 is 0 Å². The number of amides is 1. The van der Waals surface area contributed by atoms with Crippen LogP contribution in [0.2, 0.25) is 0 Å². The van der Waals surface area contributed by atoms with Crippen molar-refractivity contribution in [2.45, 2.75) is 13.8 Å². The maximum atomic E-state index is 12.1. The number of carbonyl (C=O) groups is 1. The smallest absolute Gasteiger partial charge is 0.248 e. The van der Waals surface area contributed by atoms with Gasteiger partial charge in [0.2, 0.25) is 5.91 Å². The van der Waals surface area contributed by atoms with Gasteiger partial charge in [-0.25, -0.2) is 0 Å². The summed E-state index contributed by atoms with van der Waals surface area (Å²) in [5.74, 6) is 1.03. The fraction of sp³-hybridized carbons (Fsp3) is 0.222. The second-order valence-corrected chi connectivity index (χ2v) is 4.60. The third-order valence-corrected chi connectivity index (χ3v) is 2.91. The van der Waals surface area contributed by atoms with Gasteiger partial charge < -0.3 is 14.8 Å². The second-order valence-electron chi connectivity index (χ2n) is 4.60. The zero-order valence-electron chi connectivity index (χ0n) is 13.3. The average Bonchev–Trinajstić information content (AvgIpc) is 2.57. The summed E-state index contributed by atoms with van der Waals surface area (Å²) in [6.07, 6.45) is 4.77. The Hall–Kier alpha value is -2.82. The first kappa shape index (κ1) is 16.5. The Morgan fingerprint density at radius 3 is 2.70 bits per heavy atom. The number of pyridine rings is 1. The Balaban J connectivity index is 2.11. The zero-order valence-corrected chi connectivity index (χ0v) is 13.3. The molecule has 0 atom stereocenters. The van der Waals surface area contributed by atoms with Crippen molar-refractivity contribution in [3.05, 3.63) is 54.4 Å². The van der Waals surface area contributed by atoms with Crippen LogP contribution < -0.4 is 14.8 Å². The van der Waals surface area contributed by atoms with Crippen LogP contribution in [0.3, 0.4) is 0 Å². The van der Waals surface area contributed by atoms with Crippen LogP contribution in [0.25, 0.3) is 6.08 Å². The van der Waals surface area contributed by atoms with E-state index in [0.29, 0.717) is 30.4 Å². The minimum atomic E-state index is -0.259. The maximum absolute atomic E-state index is 12.1. The number of ether oxygens (including phenoxy) is 2. The van der Waals surface area contributed by atoms with Crippen LogP contribution in [0.5, 0.6) is 11.5 Å². The Bertz CT molecular complexity index is 669. The van der Waals surface area contributed by atoms with Crippen LogP contribution in [0, 0.1) is 0 Å². The van der Waals surface area contributed by atoms with Crippen LogP contribution in [0.4, 0.5) is 5.69 Å². The standard InChI is InChI=1S/C18H20N2O3/c1-3-22-15-9-10-17(23-4-2)16(13-15)20-18(21)11-8-14-7-5-6-12-19-14/h5-13H,3-4H2,1-2H3,(H,20,21)/b11-8+. The van der Waals surface area contributed by atoms with Crippen LogP contribution in [0.1, 0.15) is 19.5 Å². The molecular formula is C18H20N2O3. The maximum Gasteiger partial charge on any atom is 0.248 e. The minimum absolute atomic E-state index is 0.259. The lowest BCUT2D eigenvalue weighted by Gasteiger charge is -2.12. The first-order chi connectivity index (χ1) is 11.2. The molecule has 0 spiro atoms. The molecule has 0 fully saturated rings. The number of hydrogen-bond donors (Lipinski definition) is 1. The van der Waals surface area contributed by atoms with Crippen LogP contribution in [-0.2, 0) is 4.79 Å². The number of nitrogens with zero attached hydrogens (tertiary/aromatic N) is 1. The summed E-state index contributed by atoms with van der Waals surface area (Å²) in [6, 6.07) is 10.9. The molecule has 1 aromatic carbocycles. The van der Waals surface area contributed by atoms with Crippen molar-refractivity contribution in [2.75, 3.05) is 18.5 Å². The summed E-state index contributed by atoms with van der Waals surface area (Å²) in [6.45, 7) is 4.87. The van der Waals surface area contributed by atoms with Crippen molar-refractivity contribution in [2.24, 2.45) is 0 Å². The molecule has 0 radical (unpaired) electrons. The van der Waals surface area contributed by atoms with E-state index in [4.69, 9.17) is 9.47 Å². The van der Waals surface area contributed by atoms with Crippen molar-refractivity contribution < 1.29 is 14.3 Å². The molecule has 0 bridgehead atoms. The average molecular weight is 312 g/mol. The summed E-state index contributed by atoms with van der Waals surface area (Å²) >= 11 is 0. The van der Waals surface area contributed by atoms with Gasteiger partial charge in [0, 0.05) is 18.3 Å². The fourth-order valence-corrected chi connectivity index (χ4v) is 1.95. The molecule has 1 amide bonds. The van der Waals surface area contributed by atoms with Gasteiger partial charge in [0.15, 0.2) is 0 Å². The summed E-state index contributed by atoms with van der Waals surface area (Å²) in [5.41, 5.74) is 1.30. The third kappa shape index (κ3) is 5.14. The Labute approximate surface area is 136 Å². The van der Waals surface area contributed by atoms with Gasteiger partial charge >= 0.3 is 0 Å². The quantitative estimate of drug-likeness (QED) is 0.795. The van der Waals surface area contributed by atoms with E-state index in [2.05, 4.69) is 10.3 Å². The number of benzene rings is 1. The van der Waals surface area contributed by atoms with Gasteiger partial charge in [-0.05, 0) is 44.2 Å². The SMILES string of the molecule is CCOc1ccc(OCC)c(NC(=O)/C=C/c2ccccn2)c1. The van der Waals surface area contributed by atoms with Gasteiger partial charge in [0.05, 0.1) is 24.6 Å². The zero-order chi connectivity index (χ0) is 16.5. The molecule has 0 saturated heterocycles. The van der Waals surface area contributed by atoms with Crippen molar-refractivity contribution in [3.63, 3.8) is 0 Å². The molecule has 0 aliphatic heterocycles. The van der Waals surface area contributed by atoms with E-state index in [1.807, 2.05) is 38.1 Å². The molecule has 1 N–H and O–H groups in total. The molecule has 2 aromatic rings. The molecule has 23 heavy (non-hydrogen) atoms. The minimum Gasteiger partial charge on any atom is -0.494 e. The van der Waals surface area contributed by atoms with Gasteiger partial charge in [-0.15, -0.1) is 0 Å². The van der Waals surface area contributed by atoms with Crippen molar-refractivity contribution in [1.82, 2.24) is 4.98 Å². The fourth-order valence-electron chi connectivity index (χ4n) is 1.95. The van der Waals surface area contributed by atoms with Crippen molar-refractivity contribution in [3.8, 4) is 11.5 Å². The molecule has 1 aromatic heterocycles. The van der Waals surface area contributed by atoms with E-state index >= 15 is 0 Å². The Morgan fingerprint density at radius 2 is 2.00 bits per heavy atom. The Kier molecular flexibility index (Phi) is 6.17. The number of nitrogens with one attached hydrogen (secondary N) is 1. The molecule has 2 rings (SSSR count). The number of hydrogen-bond acceptors (Lipinski definition) is 4. The first-order valence-electron chi connectivity index (χ1n) is 7.52. The summed E-state index contributed by atoms with van der Waals surface area (Å²) in [7, 11) is 0. The summed E-state index contributed by atoms with van der Waals surface area (Å²) < 4.78 is 11.0. The lowest BCUT2D eigenvalue weighted by molar-refractivity contribution is -0.111.